The second-order valence-corrected chi connectivity index (χ2v) is 5.02. The van der Waals surface area contributed by atoms with E-state index in [9.17, 15) is 4.79 Å². The number of carbonyl (C=O) groups is 1. The molecule has 0 spiro atoms. The summed E-state index contributed by atoms with van der Waals surface area (Å²) < 4.78 is 0. The van der Waals surface area contributed by atoms with E-state index in [1.54, 1.807) is 11.8 Å². The lowest BCUT2D eigenvalue weighted by atomic mass is 9.77. The van der Waals surface area contributed by atoms with Crippen molar-refractivity contribution in [2.24, 2.45) is 11.7 Å². The lowest BCUT2D eigenvalue weighted by molar-refractivity contribution is -0.135. The molecular formula is C9H19BN2O3S. The summed E-state index contributed by atoms with van der Waals surface area (Å²) in [6.07, 6.45) is 1.95. The van der Waals surface area contributed by atoms with Crippen LogP contribution in [0.3, 0.4) is 0 Å². The Morgan fingerprint density at radius 1 is 1.69 bits per heavy atom. The van der Waals surface area contributed by atoms with E-state index in [0.29, 0.717) is 19.4 Å². The van der Waals surface area contributed by atoms with Gasteiger partial charge in [0.05, 0.1) is 5.94 Å². The van der Waals surface area contributed by atoms with Crippen LogP contribution in [0.2, 0.25) is 0 Å². The second kappa shape index (κ2) is 5.91. The maximum atomic E-state index is 12.0. The summed E-state index contributed by atoms with van der Waals surface area (Å²) in [5, 5.41) is 18.0. The molecule has 3 atom stereocenters. The molecule has 1 saturated heterocycles. The quantitative estimate of drug-likeness (QED) is 0.298. The van der Waals surface area contributed by atoms with Crippen molar-refractivity contribution in [2.75, 3.05) is 6.54 Å². The smallest absolute Gasteiger partial charge is 0.426 e. The average molecular weight is 246 g/mol. The number of nitrogens with zero attached hydrogens (tertiary/aromatic N) is 1. The molecule has 5 nitrogen and oxygen atoms in total. The summed E-state index contributed by atoms with van der Waals surface area (Å²) in [4.78, 5) is 13.6. The minimum atomic E-state index is -1.46. The molecule has 2 unspecified atom stereocenters. The summed E-state index contributed by atoms with van der Waals surface area (Å²) in [6.45, 7) is 2.38. The normalized spacial score (nSPS) is 24.3. The number of carbonyl (C=O) groups excluding carboxylic acids is 1. The Kier molecular flexibility index (Phi) is 5.10. The minimum Gasteiger partial charge on any atom is -0.426 e. The van der Waals surface area contributed by atoms with E-state index in [2.05, 4.69) is 12.6 Å². The molecular weight excluding hydrogens is 227 g/mol. The molecule has 1 fully saturated rings. The Hall–Kier alpha value is -0.235. The van der Waals surface area contributed by atoms with Crippen molar-refractivity contribution >= 4 is 25.7 Å². The predicted molar refractivity (Wildman–Crippen MR) is 65.7 cm³/mol. The van der Waals surface area contributed by atoms with Crippen molar-refractivity contribution in [2.45, 2.75) is 37.5 Å². The van der Waals surface area contributed by atoms with E-state index in [0.717, 1.165) is 6.42 Å². The third kappa shape index (κ3) is 3.38. The molecule has 0 radical (unpaired) electrons. The van der Waals surface area contributed by atoms with Crippen LogP contribution in [0.5, 0.6) is 0 Å². The third-order valence-electron chi connectivity index (χ3n) is 2.94. The Morgan fingerprint density at radius 3 is 2.81 bits per heavy atom. The molecule has 92 valence electrons. The standard InChI is InChI=1S/C9H19BN2O3S/c1-6(5-8(11)16)9(13)12-4-2-3-7(12)10(14)15/h6-8,14-16H,2-5,11H2,1H3/t6?,7-,8?/m0/s1. The molecule has 1 aliphatic rings. The number of amides is 1. The first-order valence-electron chi connectivity index (χ1n) is 5.53. The second-order valence-electron chi connectivity index (χ2n) is 4.36. The highest BCUT2D eigenvalue weighted by Crippen LogP contribution is 2.22. The Balaban J connectivity index is 2.58. The number of thiol groups is 1. The largest absolute Gasteiger partial charge is 0.475 e. The molecule has 1 amide bonds. The van der Waals surface area contributed by atoms with Gasteiger partial charge >= 0.3 is 7.12 Å². The van der Waals surface area contributed by atoms with Gasteiger partial charge in [-0.2, -0.15) is 12.6 Å². The van der Waals surface area contributed by atoms with E-state index in [-0.39, 0.29) is 17.2 Å². The number of hydrogen-bond donors (Lipinski definition) is 4. The van der Waals surface area contributed by atoms with Crippen molar-refractivity contribution in [3.8, 4) is 0 Å². The molecule has 1 heterocycles. The number of hydrogen-bond acceptors (Lipinski definition) is 5. The van der Waals surface area contributed by atoms with Crippen LogP contribution in [0.4, 0.5) is 0 Å². The van der Waals surface area contributed by atoms with Gasteiger partial charge in [-0.15, -0.1) is 0 Å². The van der Waals surface area contributed by atoms with Gasteiger partial charge in [-0.05, 0) is 19.3 Å². The lowest BCUT2D eigenvalue weighted by Gasteiger charge is -2.27. The molecule has 7 heteroatoms. The molecule has 0 bridgehead atoms. The van der Waals surface area contributed by atoms with Crippen molar-refractivity contribution < 1.29 is 14.8 Å². The fraction of sp³-hybridized carbons (Fsp3) is 0.889. The van der Waals surface area contributed by atoms with Crippen LogP contribution in [-0.4, -0.2) is 45.8 Å². The van der Waals surface area contributed by atoms with Crippen LogP contribution >= 0.6 is 12.6 Å². The van der Waals surface area contributed by atoms with Crippen LogP contribution < -0.4 is 5.73 Å². The highest BCUT2D eigenvalue weighted by Gasteiger charge is 2.38. The van der Waals surface area contributed by atoms with Gasteiger partial charge in [-0.3, -0.25) is 4.79 Å². The fourth-order valence-corrected chi connectivity index (χ4v) is 2.44. The van der Waals surface area contributed by atoms with Crippen LogP contribution in [-0.2, 0) is 4.79 Å². The van der Waals surface area contributed by atoms with E-state index < -0.39 is 13.1 Å². The maximum Gasteiger partial charge on any atom is 0.475 e. The van der Waals surface area contributed by atoms with E-state index in [1.807, 2.05) is 0 Å². The highest BCUT2D eigenvalue weighted by molar-refractivity contribution is 7.80. The van der Waals surface area contributed by atoms with Crippen molar-refractivity contribution in [1.29, 1.82) is 0 Å². The molecule has 1 aliphatic heterocycles. The maximum absolute atomic E-state index is 12.0. The molecule has 0 saturated carbocycles. The topological polar surface area (TPSA) is 86.8 Å². The highest BCUT2D eigenvalue weighted by atomic mass is 32.1. The fourth-order valence-electron chi connectivity index (χ4n) is 2.12. The Labute approximate surface area is 102 Å². The summed E-state index contributed by atoms with van der Waals surface area (Å²) in [7, 11) is -1.46. The minimum absolute atomic E-state index is 0.0694. The molecule has 1 rings (SSSR count). The SMILES string of the molecule is CC(CC(N)S)C(=O)N1CCC[C@H]1B(O)O. The van der Waals surface area contributed by atoms with Crippen molar-refractivity contribution in [1.82, 2.24) is 4.90 Å². The molecule has 0 aromatic carbocycles. The summed E-state index contributed by atoms with van der Waals surface area (Å²) >= 11 is 4.05. The van der Waals surface area contributed by atoms with Gasteiger partial charge in [-0.1, -0.05) is 6.92 Å². The zero-order valence-electron chi connectivity index (χ0n) is 9.41. The van der Waals surface area contributed by atoms with Crippen LogP contribution in [0.15, 0.2) is 0 Å². The molecule has 4 N–H and O–H groups in total. The molecule has 0 aromatic rings. The van der Waals surface area contributed by atoms with Gasteiger partial charge in [0.15, 0.2) is 0 Å². The van der Waals surface area contributed by atoms with Crippen LogP contribution in [0.25, 0.3) is 0 Å². The van der Waals surface area contributed by atoms with E-state index in [1.165, 1.54) is 0 Å². The van der Waals surface area contributed by atoms with Gasteiger partial charge in [0.25, 0.3) is 0 Å². The number of nitrogens with two attached hydrogens (primary N) is 1. The predicted octanol–water partition coefficient (Wildman–Crippen LogP) is -0.770. The van der Waals surface area contributed by atoms with Gasteiger partial charge in [0, 0.05) is 17.8 Å². The molecule has 16 heavy (non-hydrogen) atoms. The van der Waals surface area contributed by atoms with E-state index in [4.69, 9.17) is 15.8 Å². The van der Waals surface area contributed by atoms with Crippen molar-refractivity contribution in [3.05, 3.63) is 0 Å². The van der Waals surface area contributed by atoms with Gasteiger partial charge in [0.1, 0.15) is 0 Å². The summed E-state index contributed by atoms with van der Waals surface area (Å²) in [5.41, 5.74) is 5.52. The van der Waals surface area contributed by atoms with E-state index >= 15 is 0 Å². The summed E-state index contributed by atoms with van der Waals surface area (Å²) in [6, 6.07) is 0. The van der Waals surface area contributed by atoms with Crippen LogP contribution in [0.1, 0.15) is 26.2 Å². The zero-order chi connectivity index (χ0) is 12.3. The third-order valence-corrected chi connectivity index (χ3v) is 3.15. The van der Waals surface area contributed by atoms with Crippen molar-refractivity contribution in [3.63, 3.8) is 0 Å². The monoisotopic (exact) mass is 246 g/mol. The molecule has 0 aliphatic carbocycles. The van der Waals surface area contributed by atoms with Crippen LogP contribution in [0, 0.1) is 5.92 Å². The Morgan fingerprint density at radius 2 is 2.31 bits per heavy atom. The first-order chi connectivity index (χ1) is 7.43. The van der Waals surface area contributed by atoms with Gasteiger partial charge in [0.2, 0.25) is 5.91 Å². The average Bonchev–Trinajstić information content (AvgIpc) is 2.63. The van der Waals surface area contributed by atoms with Gasteiger partial charge in [-0.25, -0.2) is 0 Å². The van der Waals surface area contributed by atoms with Gasteiger partial charge < -0.3 is 20.7 Å². The first-order valence-corrected chi connectivity index (χ1v) is 6.05. The summed E-state index contributed by atoms with van der Waals surface area (Å²) in [5.74, 6) is -0.766. The zero-order valence-corrected chi connectivity index (χ0v) is 10.3. The first kappa shape index (κ1) is 13.8. The molecule has 0 aromatic heterocycles. The number of rotatable bonds is 4. The lowest BCUT2D eigenvalue weighted by Crippen LogP contribution is -2.47. The number of likely N-dealkylation sites (tertiary alicyclic amines) is 1. The Bertz CT molecular complexity index is 253.